The van der Waals surface area contributed by atoms with Crippen molar-refractivity contribution in [3.63, 3.8) is 0 Å². The number of hydrogen-bond donors (Lipinski definition) is 0. The summed E-state index contributed by atoms with van der Waals surface area (Å²) >= 11 is 9.73. The van der Waals surface area contributed by atoms with Gasteiger partial charge < -0.3 is 0 Å². The van der Waals surface area contributed by atoms with Crippen LogP contribution in [0.3, 0.4) is 0 Å². The second kappa shape index (κ2) is 7.17. The van der Waals surface area contributed by atoms with E-state index in [0.717, 1.165) is 44.4 Å². The van der Waals surface area contributed by atoms with Gasteiger partial charge in [-0.2, -0.15) is 13.2 Å². The highest BCUT2D eigenvalue weighted by molar-refractivity contribution is 9.10. The van der Waals surface area contributed by atoms with Gasteiger partial charge >= 0.3 is 6.18 Å². The second-order valence-corrected chi connectivity index (χ2v) is 8.08. The predicted octanol–water partition coefficient (Wildman–Crippen LogP) is 6.26. The molecular formula is C18H11BrF3NOS2. The van der Waals surface area contributed by atoms with Crippen molar-refractivity contribution < 1.29 is 18.0 Å². The molecule has 0 spiro atoms. The van der Waals surface area contributed by atoms with Crippen molar-refractivity contribution in [3.8, 4) is 0 Å². The quantitative estimate of drug-likeness (QED) is 0.391. The Hall–Kier alpha value is -1.64. The summed E-state index contributed by atoms with van der Waals surface area (Å²) in [5.74, 6) is -0.420. The van der Waals surface area contributed by atoms with E-state index in [2.05, 4.69) is 15.9 Å². The molecule has 2 nitrogen and oxygen atoms in total. The Kier molecular flexibility index (Phi) is 5.28. The fourth-order valence-corrected chi connectivity index (χ4v) is 4.24. The first-order chi connectivity index (χ1) is 12.2. The number of rotatable bonds is 2. The van der Waals surface area contributed by atoms with Crippen molar-refractivity contribution in [2.45, 2.75) is 13.1 Å². The average Bonchev–Trinajstić information content (AvgIpc) is 2.88. The van der Waals surface area contributed by atoms with Crippen LogP contribution in [0.1, 0.15) is 18.1 Å². The van der Waals surface area contributed by atoms with Crippen molar-refractivity contribution >= 4 is 61.4 Å². The van der Waals surface area contributed by atoms with E-state index < -0.39 is 17.6 Å². The van der Waals surface area contributed by atoms with Gasteiger partial charge in [-0.15, -0.1) is 0 Å². The number of amides is 1. The lowest BCUT2D eigenvalue weighted by atomic mass is 10.1. The van der Waals surface area contributed by atoms with Crippen LogP contribution in [-0.4, -0.2) is 10.2 Å². The molecule has 0 bridgehead atoms. The monoisotopic (exact) mass is 457 g/mol. The molecule has 26 heavy (non-hydrogen) atoms. The zero-order valence-electron chi connectivity index (χ0n) is 13.3. The summed E-state index contributed by atoms with van der Waals surface area (Å²) in [5, 5.41) is 0. The van der Waals surface area contributed by atoms with Crippen LogP contribution >= 0.6 is 39.9 Å². The van der Waals surface area contributed by atoms with E-state index >= 15 is 0 Å². The van der Waals surface area contributed by atoms with E-state index in [1.165, 1.54) is 12.1 Å². The number of carbonyl (C=O) groups excluding carboxylic acids is 1. The summed E-state index contributed by atoms with van der Waals surface area (Å²) in [6.07, 6.45) is -4.49. The van der Waals surface area contributed by atoms with Crippen LogP contribution in [0.4, 0.5) is 18.9 Å². The van der Waals surface area contributed by atoms with Gasteiger partial charge in [0, 0.05) is 4.47 Å². The van der Waals surface area contributed by atoms with Crippen LogP contribution in [0.25, 0.3) is 5.57 Å². The third-order valence-electron chi connectivity index (χ3n) is 3.80. The normalized spacial score (nSPS) is 17.0. The Morgan fingerprint density at radius 2 is 1.85 bits per heavy atom. The molecule has 2 aromatic rings. The molecular weight excluding hydrogens is 447 g/mol. The maximum Gasteiger partial charge on any atom is 0.416 e. The molecule has 0 N–H and O–H groups in total. The van der Waals surface area contributed by atoms with E-state index in [4.69, 9.17) is 12.2 Å². The minimum Gasteiger partial charge on any atom is -0.268 e. The molecule has 0 saturated carbocycles. The van der Waals surface area contributed by atoms with Crippen LogP contribution in [0.5, 0.6) is 0 Å². The van der Waals surface area contributed by atoms with Gasteiger partial charge in [-0.3, -0.25) is 9.69 Å². The van der Waals surface area contributed by atoms with Crippen LogP contribution in [0, 0.1) is 0 Å². The first kappa shape index (κ1) is 19.1. The van der Waals surface area contributed by atoms with Crippen LogP contribution in [0.15, 0.2) is 57.9 Å². The zero-order valence-corrected chi connectivity index (χ0v) is 16.5. The molecule has 1 fully saturated rings. The highest BCUT2D eigenvalue weighted by Gasteiger charge is 2.37. The van der Waals surface area contributed by atoms with Gasteiger partial charge in [0.2, 0.25) is 0 Å². The number of thiocarbonyl (C=S) groups is 1. The van der Waals surface area contributed by atoms with Crippen molar-refractivity contribution in [1.29, 1.82) is 0 Å². The predicted molar refractivity (Wildman–Crippen MR) is 106 cm³/mol. The van der Waals surface area contributed by atoms with E-state index in [-0.39, 0.29) is 10.0 Å². The van der Waals surface area contributed by atoms with Gasteiger partial charge in [-0.05, 0) is 48.4 Å². The number of anilines is 1. The molecule has 3 rings (SSSR count). The van der Waals surface area contributed by atoms with Crippen LogP contribution in [0.2, 0.25) is 0 Å². The number of nitrogens with zero attached hydrogens (tertiary/aromatic N) is 1. The smallest absolute Gasteiger partial charge is 0.268 e. The summed E-state index contributed by atoms with van der Waals surface area (Å²) in [6, 6.07) is 12.0. The lowest BCUT2D eigenvalue weighted by Crippen LogP contribution is -2.28. The van der Waals surface area contributed by atoms with Crippen molar-refractivity contribution in [2.24, 2.45) is 0 Å². The SMILES string of the molecule is C/C(=C1/SC(=S)N(c2cccc(C(F)(F)F)c2)C1=O)c1cccc(Br)c1. The van der Waals surface area contributed by atoms with E-state index in [0.29, 0.717) is 4.91 Å². The molecule has 2 aromatic carbocycles. The second-order valence-electron chi connectivity index (χ2n) is 5.52. The first-order valence-electron chi connectivity index (χ1n) is 7.39. The first-order valence-corrected chi connectivity index (χ1v) is 9.40. The molecule has 0 radical (unpaired) electrons. The van der Waals surface area contributed by atoms with Crippen molar-refractivity contribution in [2.75, 3.05) is 4.90 Å². The zero-order chi connectivity index (χ0) is 19.1. The van der Waals surface area contributed by atoms with Gasteiger partial charge in [-0.1, -0.05) is 58.1 Å². The van der Waals surface area contributed by atoms with Gasteiger partial charge in [0.1, 0.15) is 0 Å². The molecule has 1 aliphatic rings. The molecule has 134 valence electrons. The minimum atomic E-state index is -4.49. The molecule has 0 aliphatic carbocycles. The summed E-state index contributed by atoms with van der Waals surface area (Å²) in [7, 11) is 0. The summed E-state index contributed by atoms with van der Waals surface area (Å²) < 4.78 is 39.9. The molecule has 8 heteroatoms. The fourth-order valence-electron chi connectivity index (χ4n) is 2.49. The highest BCUT2D eigenvalue weighted by Crippen LogP contribution is 2.40. The van der Waals surface area contributed by atoms with Gasteiger partial charge in [0.05, 0.1) is 16.2 Å². The molecule has 0 atom stereocenters. The number of hydrogen-bond acceptors (Lipinski definition) is 3. The summed E-state index contributed by atoms with van der Waals surface area (Å²) in [6.45, 7) is 1.79. The third-order valence-corrected chi connectivity index (χ3v) is 5.77. The average molecular weight is 458 g/mol. The highest BCUT2D eigenvalue weighted by atomic mass is 79.9. The van der Waals surface area contributed by atoms with Crippen molar-refractivity contribution in [1.82, 2.24) is 0 Å². The standard InChI is InChI=1S/C18H11BrF3NOS2/c1-10(11-4-2-6-13(19)8-11)15-16(24)23(17(25)26-15)14-7-3-5-12(9-14)18(20,21)22/h2-9H,1H3/b15-10-. The number of alkyl halides is 3. The van der Waals surface area contributed by atoms with Gasteiger partial charge in [0.25, 0.3) is 5.91 Å². The Morgan fingerprint density at radius 1 is 1.15 bits per heavy atom. The lowest BCUT2D eigenvalue weighted by Gasteiger charge is -2.16. The number of benzene rings is 2. The molecule has 1 amide bonds. The Bertz CT molecular complexity index is 940. The Morgan fingerprint density at radius 3 is 2.50 bits per heavy atom. The third kappa shape index (κ3) is 3.72. The summed E-state index contributed by atoms with van der Waals surface area (Å²) in [5.41, 5.74) is 0.846. The molecule has 1 aliphatic heterocycles. The Balaban J connectivity index is 2.01. The largest absolute Gasteiger partial charge is 0.416 e. The van der Waals surface area contributed by atoms with Crippen LogP contribution in [-0.2, 0) is 11.0 Å². The number of halogens is 4. The summed E-state index contributed by atoms with van der Waals surface area (Å²) in [4.78, 5) is 14.4. The van der Waals surface area contributed by atoms with Gasteiger partial charge in [-0.25, -0.2) is 0 Å². The molecule has 1 saturated heterocycles. The number of carbonyl (C=O) groups is 1. The van der Waals surface area contributed by atoms with E-state index in [1.807, 2.05) is 24.3 Å². The Labute approximate surface area is 166 Å². The maximum atomic E-state index is 13.0. The fraction of sp³-hybridized carbons (Fsp3) is 0.111. The van der Waals surface area contributed by atoms with Gasteiger partial charge in [0.15, 0.2) is 4.32 Å². The molecule has 0 unspecified atom stereocenters. The maximum absolute atomic E-state index is 13.0. The van der Waals surface area contributed by atoms with E-state index in [1.54, 1.807) is 6.92 Å². The number of allylic oxidation sites excluding steroid dienone is 1. The molecule has 0 aromatic heterocycles. The number of thioether (sulfide) groups is 1. The molecule has 1 heterocycles. The lowest BCUT2D eigenvalue weighted by molar-refractivity contribution is -0.137. The van der Waals surface area contributed by atoms with Crippen molar-refractivity contribution in [3.05, 3.63) is 69.0 Å². The van der Waals surface area contributed by atoms with E-state index in [9.17, 15) is 18.0 Å². The minimum absolute atomic E-state index is 0.111. The topological polar surface area (TPSA) is 20.3 Å². The van der Waals surface area contributed by atoms with Crippen LogP contribution < -0.4 is 4.90 Å².